The van der Waals surface area contributed by atoms with Crippen molar-refractivity contribution in [1.29, 1.82) is 0 Å². The van der Waals surface area contributed by atoms with Crippen LogP contribution in [0, 0.1) is 5.82 Å². The molecular weight excluding hydrogens is 447 g/mol. The zero-order chi connectivity index (χ0) is 22.1. The molecule has 0 unspecified atom stereocenters. The summed E-state index contributed by atoms with van der Waals surface area (Å²) in [4.78, 5) is 14.9. The van der Waals surface area contributed by atoms with Gasteiger partial charge in [0.05, 0.1) is 18.8 Å². The van der Waals surface area contributed by atoms with Crippen LogP contribution in [0.1, 0.15) is 48.6 Å². The first kappa shape index (κ1) is 21.5. The lowest BCUT2D eigenvalue weighted by atomic mass is 10.2. The summed E-state index contributed by atoms with van der Waals surface area (Å²) in [7, 11) is 0. The molecule has 2 aromatic carbocycles. The molecule has 2 fully saturated rings. The number of carbonyl (C=O) groups excluding carboxylic acids is 1. The number of nitrogens with zero attached hydrogens (tertiary/aromatic N) is 4. The standard InChI is InChI=1S/C24H24ClFN4OS/c25-20-7-4-8-21(26)19(20)14-29(18-11-12-18)22(31)15-32-24-28-27-23(17-9-10-17)30(24)13-16-5-2-1-3-6-16/h1-8,17-18H,9-15H2. The number of hydrogen-bond donors (Lipinski definition) is 0. The number of carbonyl (C=O) groups is 1. The number of aromatic nitrogens is 3. The van der Waals surface area contributed by atoms with E-state index in [1.165, 1.54) is 23.4 Å². The number of benzene rings is 2. The largest absolute Gasteiger partial charge is 0.334 e. The zero-order valence-corrected chi connectivity index (χ0v) is 19.2. The van der Waals surface area contributed by atoms with Crippen LogP contribution >= 0.6 is 23.4 Å². The molecule has 8 heteroatoms. The Balaban J connectivity index is 1.31. The lowest BCUT2D eigenvalue weighted by molar-refractivity contribution is -0.129. The van der Waals surface area contributed by atoms with Crippen molar-refractivity contribution in [3.63, 3.8) is 0 Å². The van der Waals surface area contributed by atoms with Crippen LogP contribution in [0.3, 0.4) is 0 Å². The summed E-state index contributed by atoms with van der Waals surface area (Å²) in [6.45, 7) is 0.882. The number of hydrogen-bond acceptors (Lipinski definition) is 4. The minimum atomic E-state index is -0.375. The quantitative estimate of drug-likeness (QED) is 0.399. The summed E-state index contributed by atoms with van der Waals surface area (Å²) in [5.74, 6) is 1.29. The van der Waals surface area contributed by atoms with Gasteiger partial charge >= 0.3 is 0 Å². The van der Waals surface area contributed by atoms with E-state index in [0.717, 1.165) is 36.7 Å². The summed E-state index contributed by atoms with van der Waals surface area (Å²) in [6.07, 6.45) is 4.15. The predicted octanol–water partition coefficient (Wildman–Crippen LogP) is 5.28. The molecule has 0 N–H and O–H groups in total. The molecular formula is C24H24ClFN4OS. The lowest BCUT2D eigenvalue weighted by Crippen LogP contribution is -2.34. The van der Waals surface area contributed by atoms with Gasteiger partial charge in [0, 0.05) is 22.5 Å². The van der Waals surface area contributed by atoms with E-state index < -0.39 is 0 Å². The number of rotatable bonds is 9. The summed E-state index contributed by atoms with van der Waals surface area (Å²) in [5.41, 5.74) is 1.55. The highest BCUT2D eigenvalue weighted by atomic mass is 35.5. The van der Waals surface area contributed by atoms with Crippen molar-refractivity contribution in [3.8, 4) is 0 Å². The predicted molar refractivity (Wildman–Crippen MR) is 123 cm³/mol. The van der Waals surface area contributed by atoms with Crippen LogP contribution in [0.5, 0.6) is 0 Å². The van der Waals surface area contributed by atoms with Gasteiger partial charge in [-0.05, 0) is 43.4 Å². The van der Waals surface area contributed by atoms with E-state index in [4.69, 9.17) is 11.6 Å². The molecule has 2 aliphatic rings. The molecule has 32 heavy (non-hydrogen) atoms. The van der Waals surface area contributed by atoms with Crippen molar-refractivity contribution in [2.75, 3.05) is 5.75 Å². The molecule has 0 radical (unpaired) electrons. The van der Waals surface area contributed by atoms with Crippen molar-refractivity contribution in [1.82, 2.24) is 19.7 Å². The van der Waals surface area contributed by atoms with Crippen molar-refractivity contribution >= 4 is 29.3 Å². The number of halogens is 2. The van der Waals surface area contributed by atoms with Crippen LogP contribution in [0.15, 0.2) is 53.7 Å². The van der Waals surface area contributed by atoms with E-state index in [-0.39, 0.29) is 30.1 Å². The molecule has 3 aromatic rings. The van der Waals surface area contributed by atoms with E-state index in [1.54, 1.807) is 17.0 Å². The van der Waals surface area contributed by atoms with Gasteiger partial charge in [-0.1, -0.05) is 59.8 Å². The molecule has 0 spiro atoms. The summed E-state index contributed by atoms with van der Waals surface area (Å²) in [5, 5.41) is 9.95. The Morgan fingerprint density at radius 2 is 1.88 bits per heavy atom. The van der Waals surface area contributed by atoms with Gasteiger partial charge in [0.15, 0.2) is 5.16 Å². The lowest BCUT2D eigenvalue weighted by Gasteiger charge is -2.23. The maximum Gasteiger partial charge on any atom is 0.233 e. The van der Waals surface area contributed by atoms with E-state index in [2.05, 4.69) is 26.9 Å². The molecule has 2 saturated carbocycles. The topological polar surface area (TPSA) is 51.0 Å². The molecule has 1 amide bonds. The van der Waals surface area contributed by atoms with Crippen LogP contribution in [-0.4, -0.2) is 37.4 Å². The van der Waals surface area contributed by atoms with Gasteiger partial charge in [-0.25, -0.2) is 4.39 Å². The first-order chi connectivity index (χ1) is 15.6. The highest BCUT2D eigenvalue weighted by Crippen LogP contribution is 2.40. The zero-order valence-electron chi connectivity index (χ0n) is 17.6. The molecule has 0 saturated heterocycles. The third-order valence-corrected chi connectivity index (χ3v) is 7.20. The van der Waals surface area contributed by atoms with Gasteiger partial charge in [0.2, 0.25) is 5.91 Å². The van der Waals surface area contributed by atoms with Crippen LogP contribution in [0.4, 0.5) is 4.39 Å². The van der Waals surface area contributed by atoms with Gasteiger partial charge in [-0.3, -0.25) is 4.79 Å². The van der Waals surface area contributed by atoms with Crippen LogP contribution in [0.25, 0.3) is 0 Å². The minimum Gasteiger partial charge on any atom is -0.334 e. The molecule has 0 atom stereocenters. The summed E-state index contributed by atoms with van der Waals surface area (Å²) in [6, 6.07) is 15.0. The SMILES string of the molecule is O=C(CSc1nnc(C2CC2)n1Cc1ccccc1)N(Cc1c(F)cccc1Cl)C1CC1. The Labute approximate surface area is 196 Å². The molecule has 0 aliphatic heterocycles. The maximum atomic E-state index is 14.3. The molecule has 5 nitrogen and oxygen atoms in total. The normalized spacial score (nSPS) is 15.7. The van der Waals surface area contributed by atoms with Gasteiger partial charge in [0.1, 0.15) is 11.6 Å². The molecule has 1 heterocycles. The first-order valence-corrected chi connectivity index (χ1v) is 12.3. The maximum absolute atomic E-state index is 14.3. The second-order valence-electron chi connectivity index (χ2n) is 8.43. The van der Waals surface area contributed by atoms with Crippen molar-refractivity contribution in [2.45, 2.75) is 55.9 Å². The van der Waals surface area contributed by atoms with E-state index >= 15 is 0 Å². The average molecular weight is 471 g/mol. The minimum absolute atomic E-state index is 0.0287. The van der Waals surface area contributed by atoms with Crippen LogP contribution in [0.2, 0.25) is 5.02 Å². The summed E-state index contributed by atoms with van der Waals surface area (Å²) >= 11 is 7.61. The van der Waals surface area contributed by atoms with E-state index in [1.807, 2.05) is 18.2 Å². The number of amides is 1. The monoisotopic (exact) mass is 470 g/mol. The fourth-order valence-corrected chi connectivity index (χ4v) is 4.89. The Kier molecular flexibility index (Phi) is 6.20. The Morgan fingerprint density at radius 1 is 1.09 bits per heavy atom. The van der Waals surface area contributed by atoms with Gasteiger partial charge < -0.3 is 9.47 Å². The van der Waals surface area contributed by atoms with Gasteiger partial charge in [0.25, 0.3) is 0 Å². The Bertz CT molecular complexity index is 1090. The molecule has 2 aliphatic carbocycles. The fraction of sp³-hybridized carbons (Fsp3) is 0.375. The highest BCUT2D eigenvalue weighted by Gasteiger charge is 2.34. The van der Waals surface area contributed by atoms with Crippen molar-refractivity contribution in [2.24, 2.45) is 0 Å². The first-order valence-electron chi connectivity index (χ1n) is 10.9. The fourth-order valence-electron chi connectivity index (χ4n) is 3.83. The average Bonchev–Trinajstić information content (AvgIpc) is 3.72. The molecule has 166 valence electrons. The second-order valence-corrected chi connectivity index (χ2v) is 9.78. The van der Waals surface area contributed by atoms with E-state index in [0.29, 0.717) is 23.0 Å². The van der Waals surface area contributed by atoms with Gasteiger partial charge in [-0.2, -0.15) is 0 Å². The third-order valence-electron chi connectivity index (χ3n) is 5.89. The van der Waals surface area contributed by atoms with E-state index in [9.17, 15) is 9.18 Å². The van der Waals surface area contributed by atoms with Crippen molar-refractivity contribution < 1.29 is 9.18 Å². The smallest absolute Gasteiger partial charge is 0.233 e. The summed E-state index contributed by atoms with van der Waals surface area (Å²) < 4.78 is 16.4. The molecule has 5 rings (SSSR count). The van der Waals surface area contributed by atoms with Crippen molar-refractivity contribution in [3.05, 3.63) is 76.3 Å². The molecule has 1 aromatic heterocycles. The third kappa shape index (κ3) is 4.84. The number of thioether (sulfide) groups is 1. The van der Waals surface area contributed by atoms with Crippen LogP contribution in [-0.2, 0) is 17.9 Å². The Hall–Kier alpha value is -2.38. The van der Waals surface area contributed by atoms with Gasteiger partial charge in [-0.15, -0.1) is 10.2 Å². The Morgan fingerprint density at radius 3 is 2.56 bits per heavy atom. The molecule has 0 bridgehead atoms. The second kappa shape index (κ2) is 9.24. The van der Waals surface area contributed by atoms with Crippen LogP contribution < -0.4 is 0 Å². The highest BCUT2D eigenvalue weighted by molar-refractivity contribution is 7.99.